The fourth-order valence-electron chi connectivity index (χ4n) is 1.98. The quantitative estimate of drug-likeness (QED) is 0.848. The van der Waals surface area contributed by atoms with Crippen molar-refractivity contribution in [1.29, 1.82) is 0 Å². The minimum Gasteiger partial charge on any atom is -0.480 e. The van der Waals surface area contributed by atoms with Crippen molar-refractivity contribution >= 4 is 18.3 Å². The van der Waals surface area contributed by atoms with E-state index in [-0.39, 0.29) is 41.7 Å². The molecule has 0 bridgehead atoms. The lowest BCUT2D eigenvalue weighted by Crippen LogP contribution is -2.32. The summed E-state index contributed by atoms with van der Waals surface area (Å²) >= 11 is 0. The summed E-state index contributed by atoms with van der Waals surface area (Å²) in [5.41, 5.74) is 6.04. The topological polar surface area (TPSA) is 90.6 Å². The molecule has 8 heteroatoms. The smallest absolute Gasteiger partial charge is 0.264 e. The van der Waals surface area contributed by atoms with Crippen LogP contribution in [-0.2, 0) is 0 Å². The van der Waals surface area contributed by atoms with Gasteiger partial charge >= 0.3 is 0 Å². The second kappa shape index (κ2) is 6.53. The predicted octanol–water partition coefficient (Wildman–Crippen LogP) is 0.0888. The molecule has 1 saturated heterocycles. The second-order valence-corrected chi connectivity index (χ2v) is 4.07. The van der Waals surface area contributed by atoms with Gasteiger partial charge in [-0.2, -0.15) is 0 Å². The van der Waals surface area contributed by atoms with Gasteiger partial charge < -0.3 is 20.1 Å². The fraction of sp³-hybridized carbons (Fsp3) is 0.545. The number of halogens is 1. The van der Waals surface area contributed by atoms with E-state index in [1.165, 1.54) is 20.5 Å². The number of carbonyl (C=O) groups excluding carboxylic acids is 1. The van der Waals surface area contributed by atoms with Gasteiger partial charge in [-0.25, -0.2) is 9.97 Å². The Morgan fingerprint density at radius 1 is 1.37 bits per heavy atom. The minimum atomic E-state index is -0.211. The molecule has 1 atom stereocenters. The van der Waals surface area contributed by atoms with Crippen LogP contribution in [0.2, 0.25) is 0 Å². The lowest BCUT2D eigenvalue weighted by molar-refractivity contribution is 0.0782. The number of hydrogen-bond donors (Lipinski definition) is 1. The first-order valence-electron chi connectivity index (χ1n) is 5.65. The molecule has 1 aromatic rings. The highest BCUT2D eigenvalue weighted by Crippen LogP contribution is 2.26. The number of nitrogens with two attached hydrogens (primary N) is 1. The number of carbonyl (C=O) groups is 1. The molecule has 0 saturated carbocycles. The Bertz CT molecular complexity index is 435. The van der Waals surface area contributed by atoms with Gasteiger partial charge in [0.05, 0.1) is 14.2 Å². The first kappa shape index (κ1) is 15.5. The summed E-state index contributed by atoms with van der Waals surface area (Å²) in [6.45, 7) is 1.15. The van der Waals surface area contributed by atoms with Gasteiger partial charge in [-0.15, -0.1) is 12.4 Å². The third-order valence-electron chi connectivity index (χ3n) is 2.89. The Morgan fingerprint density at radius 3 is 2.37 bits per heavy atom. The summed E-state index contributed by atoms with van der Waals surface area (Å²) in [5, 5.41) is 0. The summed E-state index contributed by atoms with van der Waals surface area (Å²) < 4.78 is 10.2. The Kier molecular flexibility index (Phi) is 5.31. The fourth-order valence-corrected chi connectivity index (χ4v) is 1.98. The first-order valence-corrected chi connectivity index (χ1v) is 5.65. The van der Waals surface area contributed by atoms with E-state index in [1.54, 1.807) is 4.90 Å². The van der Waals surface area contributed by atoms with Crippen LogP contribution < -0.4 is 15.2 Å². The molecular weight excluding hydrogens is 272 g/mol. The highest BCUT2D eigenvalue weighted by molar-refractivity contribution is 5.98. The molecule has 7 nitrogen and oxygen atoms in total. The van der Waals surface area contributed by atoms with Crippen molar-refractivity contribution in [3.63, 3.8) is 0 Å². The molecule has 106 valence electrons. The lowest BCUT2D eigenvalue weighted by Gasteiger charge is -2.18. The van der Waals surface area contributed by atoms with Crippen LogP contribution in [0.25, 0.3) is 0 Å². The molecular formula is C11H17ClN4O3. The van der Waals surface area contributed by atoms with Crippen molar-refractivity contribution in [3.8, 4) is 11.8 Å². The molecule has 0 radical (unpaired) electrons. The predicted molar refractivity (Wildman–Crippen MR) is 70.9 cm³/mol. The number of amides is 1. The highest BCUT2D eigenvalue weighted by atomic mass is 35.5. The number of aromatic nitrogens is 2. The molecule has 0 unspecified atom stereocenters. The van der Waals surface area contributed by atoms with Crippen molar-refractivity contribution in [2.24, 2.45) is 5.73 Å². The zero-order chi connectivity index (χ0) is 13.1. The SMILES string of the molecule is COc1ncnc(OC)c1C(=O)N1CC[C@@H](N)C1.Cl. The summed E-state index contributed by atoms with van der Waals surface area (Å²) in [4.78, 5) is 21.9. The molecule has 2 heterocycles. The molecule has 19 heavy (non-hydrogen) atoms. The largest absolute Gasteiger partial charge is 0.480 e. The summed E-state index contributed by atoms with van der Waals surface area (Å²) in [6, 6.07) is 0.0237. The maximum Gasteiger partial charge on any atom is 0.264 e. The molecule has 1 aliphatic heterocycles. The van der Waals surface area contributed by atoms with Crippen molar-refractivity contribution in [3.05, 3.63) is 11.9 Å². The summed E-state index contributed by atoms with van der Waals surface area (Å²) in [6.07, 6.45) is 2.09. The van der Waals surface area contributed by atoms with Crippen LogP contribution in [0.15, 0.2) is 6.33 Å². The van der Waals surface area contributed by atoms with Crippen LogP contribution in [0.4, 0.5) is 0 Å². The molecule has 2 N–H and O–H groups in total. The van der Waals surface area contributed by atoms with Crippen LogP contribution in [-0.4, -0.2) is 54.1 Å². The minimum absolute atomic E-state index is 0. The van der Waals surface area contributed by atoms with E-state index >= 15 is 0 Å². The Hall–Kier alpha value is -1.60. The molecule has 1 aromatic heterocycles. The zero-order valence-corrected chi connectivity index (χ0v) is 11.6. The van der Waals surface area contributed by atoms with Crippen molar-refractivity contribution in [2.75, 3.05) is 27.3 Å². The van der Waals surface area contributed by atoms with Gasteiger partial charge in [0.2, 0.25) is 11.8 Å². The van der Waals surface area contributed by atoms with Gasteiger partial charge in [0.25, 0.3) is 5.91 Å². The van der Waals surface area contributed by atoms with E-state index in [4.69, 9.17) is 15.2 Å². The third kappa shape index (κ3) is 3.05. The van der Waals surface area contributed by atoms with E-state index in [0.29, 0.717) is 13.1 Å². The van der Waals surface area contributed by atoms with Crippen molar-refractivity contribution in [1.82, 2.24) is 14.9 Å². The normalized spacial score (nSPS) is 17.8. The highest BCUT2D eigenvalue weighted by Gasteiger charge is 2.30. The number of methoxy groups -OCH3 is 2. The molecule has 0 aromatic carbocycles. The lowest BCUT2D eigenvalue weighted by atomic mass is 10.2. The van der Waals surface area contributed by atoms with Gasteiger partial charge in [0.1, 0.15) is 6.33 Å². The molecule has 2 rings (SSSR count). The molecule has 1 fully saturated rings. The number of hydrogen-bond acceptors (Lipinski definition) is 6. The number of rotatable bonds is 3. The van der Waals surface area contributed by atoms with Gasteiger partial charge in [0.15, 0.2) is 5.56 Å². The molecule has 1 aliphatic rings. The number of likely N-dealkylation sites (tertiary alicyclic amines) is 1. The van der Waals surface area contributed by atoms with Crippen LogP contribution in [0, 0.1) is 0 Å². The van der Waals surface area contributed by atoms with Crippen molar-refractivity contribution < 1.29 is 14.3 Å². The van der Waals surface area contributed by atoms with Gasteiger partial charge in [0, 0.05) is 19.1 Å². The third-order valence-corrected chi connectivity index (χ3v) is 2.89. The number of ether oxygens (including phenoxy) is 2. The summed E-state index contributed by atoms with van der Waals surface area (Å²) in [5.74, 6) is 0.219. The second-order valence-electron chi connectivity index (χ2n) is 4.07. The Labute approximate surface area is 117 Å². The van der Waals surface area contributed by atoms with E-state index in [1.807, 2.05) is 0 Å². The van der Waals surface area contributed by atoms with Gasteiger partial charge in [-0.1, -0.05) is 0 Å². The van der Waals surface area contributed by atoms with Crippen molar-refractivity contribution in [2.45, 2.75) is 12.5 Å². The first-order chi connectivity index (χ1) is 8.67. The standard InChI is InChI=1S/C11H16N4O3.ClH/c1-17-9-8(10(18-2)14-6-13-9)11(16)15-4-3-7(12)5-15;/h6-7H,3-5,12H2,1-2H3;1H/t7-;/m1./s1. The number of nitrogens with zero attached hydrogens (tertiary/aromatic N) is 3. The van der Waals surface area contributed by atoms with E-state index in [2.05, 4.69) is 9.97 Å². The van der Waals surface area contributed by atoms with E-state index in [0.717, 1.165) is 6.42 Å². The maximum atomic E-state index is 12.4. The van der Waals surface area contributed by atoms with Crippen LogP contribution >= 0.6 is 12.4 Å². The van der Waals surface area contributed by atoms with E-state index in [9.17, 15) is 4.79 Å². The maximum absolute atomic E-state index is 12.4. The van der Waals surface area contributed by atoms with Crippen LogP contribution in [0.5, 0.6) is 11.8 Å². The molecule has 0 spiro atoms. The van der Waals surface area contributed by atoms with Crippen LogP contribution in [0.1, 0.15) is 16.8 Å². The summed E-state index contributed by atoms with van der Waals surface area (Å²) in [7, 11) is 2.91. The molecule has 1 amide bonds. The Morgan fingerprint density at radius 2 is 1.95 bits per heavy atom. The van der Waals surface area contributed by atoms with E-state index < -0.39 is 0 Å². The zero-order valence-electron chi connectivity index (χ0n) is 10.8. The van der Waals surface area contributed by atoms with Crippen LogP contribution in [0.3, 0.4) is 0 Å². The van der Waals surface area contributed by atoms with Gasteiger partial charge in [-0.3, -0.25) is 4.79 Å². The molecule has 0 aliphatic carbocycles. The average Bonchev–Trinajstić information content (AvgIpc) is 2.83. The van der Waals surface area contributed by atoms with Gasteiger partial charge in [-0.05, 0) is 6.42 Å². The monoisotopic (exact) mass is 288 g/mol. The Balaban J connectivity index is 0.00000180. The average molecular weight is 289 g/mol.